The van der Waals surface area contributed by atoms with Crippen LogP contribution in [-0.2, 0) is 14.3 Å². The Kier molecular flexibility index (Phi) is 6.80. The molecule has 7 heteroatoms. The van der Waals surface area contributed by atoms with Crippen molar-refractivity contribution in [2.45, 2.75) is 38.8 Å². The first-order valence-electron chi connectivity index (χ1n) is 8.62. The highest BCUT2D eigenvalue weighted by molar-refractivity contribution is 5.87. The second kappa shape index (κ2) is 8.61. The zero-order valence-electron chi connectivity index (χ0n) is 14.3. The molecular formula is C16H30N4O3. The Balaban J connectivity index is 1.70. The highest BCUT2D eigenvalue weighted by Gasteiger charge is 2.27. The van der Waals surface area contributed by atoms with Crippen molar-refractivity contribution in [3.63, 3.8) is 0 Å². The highest BCUT2D eigenvalue weighted by atomic mass is 16.5. The van der Waals surface area contributed by atoms with E-state index in [1.54, 1.807) is 0 Å². The quantitative estimate of drug-likeness (QED) is 0.705. The molecule has 0 aliphatic carbocycles. The van der Waals surface area contributed by atoms with Crippen LogP contribution in [0.2, 0.25) is 0 Å². The van der Waals surface area contributed by atoms with Crippen molar-refractivity contribution < 1.29 is 14.3 Å². The number of rotatable bonds is 5. The summed E-state index contributed by atoms with van der Waals surface area (Å²) in [6, 6.07) is 0.0258. The molecule has 23 heavy (non-hydrogen) atoms. The second-order valence-corrected chi connectivity index (χ2v) is 6.75. The number of nitrogens with two attached hydrogens (primary N) is 1. The Bertz CT molecular complexity index is 402. The molecule has 0 aromatic rings. The molecule has 132 valence electrons. The summed E-state index contributed by atoms with van der Waals surface area (Å²) < 4.78 is 5.40. The van der Waals surface area contributed by atoms with Crippen LogP contribution in [0.5, 0.6) is 0 Å². The maximum Gasteiger partial charge on any atom is 0.242 e. The van der Waals surface area contributed by atoms with Gasteiger partial charge in [0, 0.05) is 45.4 Å². The van der Waals surface area contributed by atoms with Gasteiger partial charge in [0.25, 0.3) is 0 Å². The summed E-state index contributed by atoms with van der Waals surface area (Å²) in [6.07, 6.45) is 2.16. The molecule has 0 unspecified atom stereocenters. The van der Waals surface area contributed by atoms with E-state index in [9.17, 15) is 9.59 Å². The predicted octanol–water partition coefficient (Wildman–Crippen LogP) is -0.591. The molecule has 2 rings (SSSR count). The molecule has 0 bridgehead atoms. The fraction of sp³-hybridized carbons (Fsp3) is 0.875. The molecule has 1 atom stereocenters. The van der Waals surface area contributed by atoms with Gasteiger partial charge in [-0.3, -0.25) is 14.5 Å². The van der Waals surface area contributed by atoms with E-state index in [2.05, 4.69) is 10.2 Å². The van der Waals surface area contributed by atoms with Crippen LogP contribution in [0.1, 0.15) is 26.7 Å². The summed E-state index contributed by atoms with van der Waals surface area (Å²) in [7, 11) is 0. The van der Waals surface area contributed by atoms with Crippen molar-refractivity contribution >= 4 is 11.8 Å². The van der Waals surface area contributed by atoms with Gasteiger partial charge in [-0.05, 0) is 18.8 Å². The molecule has 7 nitrogen and oxygen atoms in total. The van der Waals surface area contributed by atoms with E-state index in [1.165, 1.54) is 0 Å². The standard InChI is InChI=1S/C16H30N4O3/c1-12(2)15(17)16(22)18-11-14(21)20-7-5-19(6-8-20)13-3-9-23-10-4-13/h12-13,15H,3-11,17H2,1-2H3,(H,18,22)/t15-/m0/s1. The first-order chi connectivity index (χ1) is 11.0. The monoisotopic (exact) mass is 326 g/mol. The fourth-order valence-corrected chi connectivity index (χ4v) is 3.08. The number of piperazine rings is 1. The average Bonchev–Trinajstić information content (AvgIpc) is 2.59. The van der Waals surface area contributed by atoms with Gasteiger partial charge in [-0.25, -0.2) is 0 Å². The summed E-state index contributed by atoms with van der Waals surface area (Å²) in [5, 5.41) is 2.65. The highest BCUT2D eigenvalue weighted by Crippen LogP contribution is 2.16. The molecule has 0 saturated carbocycles. The third kappa shape index (κ3) is 5.16. The van der Waals surface area contributed by atoms with Crippen molar-refractivity contribution in [3.8, 4) is 0 Å². The van der Waals surface area contributed by atoms with Gasteiger partial charge < -0.3 is 20.7 Å². The second-order valence-electron chi connectivity index (χ2n) is 6.75. The Hall–Kier alpha value is -1.18. The number of hydrogen-bond donors (Lipinski definition) is 2. The molecule has 2 aliphatic rings. The molecule has 3 N–H and O–H groups in total. The van der Waals surface area contributed by atoms with Gasteiger partial charge in [0.15, 0.2) is 0 Å². The Morgan fingerprint density at radius 2 is 1.78 bits per heavy atom. The van der Waals surface area contributed by atoms with E-state index in [0.717, 1.165) is 52.2 Å². The smallest absolute Gasteiger partial charge is 0.242 e. The summed E-state index contributed by atoms with van der Waals surface area (Å²) in [5.41, 5.74) is 5.77. The molecule has 0 spiro atoms. The summed E-state index contributed by atoms with van der Waals surface area (Å²) >= 11 is 0. The van der Waals surface area contributed by atoms with E-state index < -0.39 is 6.04 Å². The maximum absolute atomic E-state index is 12.2. The summed E-state index contributed by atoms with van der Waals surface area (Å²) in [5.74, 6) is -0.219. The largest absolute Gasteiger partial charge is 0.381 e. The van der Waals surface area contributed by atoms with Crippen LogP contribution in [0.15, 0.2) is 0 Å². The molecule has 2 heterocycles. The number of amides is 2. The molecular weight excluding hydrogens is 296 g/mol. The van der Waals surface area contributed by atoms with Gasteiger partial charge >= 0.3 is 0 Å². The molecule has 0 aromatic carbocycles. The Morgan fingerprint density at radius 3 is 2.35 bits per heavy atom. The minimum atomic E-state index is -0.562. The third-order valence-electron chi connectivity index (χ3n) is 4.81. The number of nitrogens with one attached hydrogen (secondary N) is 1. The third-order valence-corrected chi connectivity index (χ3v) is 4.81. The lowest BCUT2D eigenvalue weighted by atomic mass is 10.1. The SMILES string of the molecule is CC(C)[C@H](N)C(=O)NCC(=O)N1CCN(C2CCOCC2)CC1. The zero-order valence-corrected chi connectivity index (χ0v) is 14.3. The zero-order chi connectivity index (χ0) is 16.8. The molecule has 0 radical (unpaired) electrons. The van der Waals surface area contributed by atoms with Crippen molar-refractivity contribution in [3.05, 3.63) is 0 Å². The van der Waals surface area contributed by atoms with E-state index in [4.69, 9.17) is 10.5 Å². The van der Waals surface area contributed by atoms with Gasteiger partial charge in [0.1, 0.15) is 0 Å². The number of carbonyl (C=O) groups excluding carboxylic acids is 2. The van der Waals surface area contributed by atoms with Crippen molar-refractivity contribution in [2.24, 2.45) is 11.7 Å². The molecule has 2 aliphatic heterocycles. The number of ether oxygens (including phenoxy) is 1. The van der Waals surface area contributed by atoms with Crippen LogP contribution in [0, 0.1) is 5.92 Å². The summed E-state index contributed by atoms with van der Waals surface area (Å²) in [4.78, 5) is 28.3. The Morgan fingerprint density at radius 1 is 1.17 bits per heavy atom. The van der Waals surface area contributed by atoms with E-state index >= 15 is 0 Å². The minimum Gasteiger partial charge on any atom is -0.381 e. The summed E-state index contributed by atoms with van der Waals surface area (Å²) in [6.45, 7) is 8.74. The normalized spacial score (nSPS) is 22.2. The number of hydrogen-bond acceptors (Lipinski definition) is 5. The fourth-order valence-electron chi connectivity index (χ4n) is 3.08. The van der Waals surface area contributed by atoms with Gasteiger partial charge in [0.2, 0.25) is 11.8 Å². The van der Waals surface area contributed by atoms with Crippen LogP contribution in [-0.4, -0.2) is 79.6 Å². The lowest BCUT2D eigenvalue weighted by molar-refractivity contribution is -0.135. The van der Waals surface area contributed by atoms with E-state index in [1.807, 2.05) is 18.7 Å². The molecule has 0 aromatic heterocycles. The predicted molar refractivity (Wildman–Crippen MR) is 87.8 cm³/mol. The molecule has 2 saturated heterocycles. The van der Waals surface area contributed by atoms with Gasteiger partial charge in [0.05, 0.1) is 12.6 Å². The van der Waals surface area contributed by atoms with Gasteiger partial charge in [-0.15, -0.1) is 0 Å². The van der Waals surface area contributed by atoms with Crippen LogP contribution in [0.25, 0.3) is 0 Å². The van der Waals surface area contributed by atoms with Gasteiger partial charge in [-0.2, -0.15) is 0 Å². The van der Waals surface area contributed by atoms with Crippen LogP contribution >= 0.6 is 0 Å². The van der Waals surface area contributed by atoms with Crippen LogP contribution < -0.4 is 11.1 Å². The van der Waals surface area contributed by atoms with E-state index in [0.29, 0.717) is 6.04 Å². The number of nitrogens with zero attached hydrogens (tertiary/aromatic N) is 2. The Labute approximate surface area is 138 Å². The number of carbonyl (C=O) groups is 2. The van der Waals surface area contributed by atoms with Crippen LogP contribution in [0.3, 0.4) is 0 Å². The molecule has 2 amide bonds. The lowest BCUT2D eigenvalue weighted by Crippen LogP contribution is -2.55. The van der Waals surface area contributed by atoms with E-state index in [-0.39, 0.29) is 24.3 Å². The van der Waals surface area contributed by atoms with Crippen LogP contribution in [0.4, 0.5) is 0 Å². The van der Waals surface area contributed by atoms with Crippen molar-refractivity contribution in [1.29, 1.82) is 0 Å². The molecule has 2 fully saturated rings. The van der Waals surface area contributed by atoms with Crippen molar-refractivity contribution in [2.75, 3.05) is 45.9 Å². The minimum absolute atomic E-state index is 0.0269. The first-order valence-corrected chi connectivity index (χ1v) is 8.62. The van der Waals surface area contributed by atoms with Crippen molar-refractivity contribution in [1.82, 2.24) is 15.1 Å². The average molecular weight is 326 g/mol. The maximum atomic E-state index is 12.2. The topological polar surface area (TPSA) is 87.9 Å². The van der Waals surface area contributed by atoms with Gasteiger partial charge in [-0.1, -0.05) is 13.8 Å². The lowest BCUT2D eigenvalue weighted by Gasteiger charge is -2.40. The first kappa shape index (κ1) is 18.2.